The first-order chi connectivity index (χ1) is 9.49. The SMILES string of the molecule is CCS(=O)(=O)c1ccccc1N1CC(CN)OCC1C. The van der Waals surface area contributed by atoms with Gasteiger partial charge in [-0.3, -0.25) is 0 Å². The Labute approximate surface area is 120 Å². The van der Waals surface area contributed by atoms with Crippen molar-refractivity contribution >= 4 is 15.5 Å². The van der Waals surface area contributed by atoms with E-state index >= 15 is 0 Å². The Kier molecular flexibility index (Phi) is 4.67. The molecule has 1 saturated heterocycles. The molecule has 0 aromatic heterocycles. The van der Waals surface area contributed by atoms with Gasteiger partial charge in [-0.05, 0) is 19.1 Å². The molecule has 0 radical (unpaired) electrons. The summed E-state index contributed by atoms with van der Waals surface area (Å²) in [6, 6.07) is 7.29. The van der Waals surface area contributed by atoms with E-state index in [0.717, 1.165) is 5.69 Å². The van der Waals surface area contributed by atoms with Gasteiger partial charge in [-0.2, -0.15) is 0 Å². The zero-order valence-electron chi connectivity index (χ0n) is 12.0. The third-order valence-electron chi connectivity index (χ3n) is 3.66. The van der Waals surface area contributed by atoms with Crippen molar-refractivity contribution in [3.05, 3.63) is 24.3 Å². The van der Waals surface area contributed by atoms with Crippen LogP contribution in [0.4, 0.5) is 5.69 Å². The molecule has 112 valence electrons. The molecule has 1 aromatic rings. The Morgan fingerprint density at radius 1 is 1.40 bits per heavy atom. The number of sulfone groups is 1. The number of para-hydroxylation sites is 1. The fourth-order valence-corrected chi connectivity index (χ4v) is 3.51. The molecule has 20 heavy (non-hydrogen) atoms. The van der Waals surface area contributed by atoms with Gasteiger partial charge in [-0.25, -0.2) is 8.42 Å². The molecule has 0 saturated carbocycles. The van der Waals surface area contributed by atoms with Gasteiger partial charge in [-0.15, -0.1) is 0 Å². The fraction of sp³-hybridized carbons (Fsp3) is 0.571. The van der Waals surface area contributed by atoms with Gasteiger partial charge in [-0.1, -0.05) is 19.1 Å². The molecule has 2 unspecified atom stereocenters. The van der Waals surface area contributed by atoms with E-state index in [0.29, 0.717) is 24.6 Å². The maximum atomic E-state index is 12.2. The van der Waals surface area contributed by atoms with Crippen LogP contribution in [0.1, 0.15) is 13.8 Å². The van der Waals surface area contributed by atoms with Gasteiger partial charge in [0.2, 0.25) is 0 Å². The Balaban J connectivity index is 2.41. The summed E-state index contributed by atoms with van der Waals surface area (Å²) >= 11 is 0. The molecule has 2 rings (SSSR count). The van der Waals surface area contributed by atoms with Gasteiger partial charge >= 0.3 is 0 Å². The lowest BCUT2D eigenvalue weighted by Gasteiger charge is -2.40. The summed E-state index contributed by atoms with van der Waals surface area (Å²) in [6.45, 7) is 5.31. The topological polar surface area (TPSA) is 72.6 Å². The van der Waals surface area contributed by atoms with Gasteiger partial charge in [0.15, 0.2) is 9.84 Å². The van der Waals surface area contributed by atoms with Gasteiger partial charge in [0.05, 0.1) is 29.0 Å². The normalized spacial score (nSPS) is 23.9. The van der Waals surface area contributed by atoms with Crippen LogP contribution >= 0.6 is 0 Å². The van der Waals surface area contributed by atoms with Crippen molar-refractivity contribution in [2.45, 2.75) is 30.9 Å². The van der Waals surface area contributed by atoms with Crippen LogP contribution in [0.2, 0.25) is 0 Å². The van der Waals surface area contributed by atoms with Crippen LogP contribution in [-0.2, 0) is 14.6 Å². The molecule has 1 aliphatic heterocycles. The monoisotopic (exact) mass is 298 g/mol. The van der Waals surface area contributed by atoms with Crippen LogP contribution < -0.4 is 10.6 Å². The van der Waals surface area contributed by atoms with E-state index in [1.165, 1.54) is 0 Å². The Morgan fingerprint density at radius 2 is 2.10 bits per heavy atom. The van der Waals surface area contributed by atoms with E-state index in [4.69, 9.17) is 10.5 Å². The fourth-order valence-electron chi connectivity index (χ4n) is 2.41. The van der Waals surface area contributed by atoms with E-state index in [1.54, 1.807) is 19.1 Å². The highest BCUT2D eigenvalue weighted by Crippen LogP contribution is 2.29. The van der Waals surface area contributed by atoms with Crippen molar-refractivity contribution < 1.29 is 13.2 Å². The van der Waals surface area contributed by atoms with Gasteiger partial charge < -0.3 is 15.4 Å². The number of nitrogens with zero attached hydrogens (tertiary/aromatic N) is 1. The molecular formula is C14H22N2O3S. The van der Waals surface area contributed by atoms with Gasteiger partial charge in [0.1, 0.15) is 0 Å². The van der Waals surface area contributed by atoms with Crippen LogP contribution in [0.3, 0.4) is 0 Å². The summed E-state index contributed by atoms with van der Waals surface area (Å²) in [5.74, 6) is 0.100. The van der Waals surface area contributed by atoms with Crippen LogP contribution in [0.15, 0.2) is 29.2 Å². The van der Waals surface area contributed by atoms with Crippen molar-refractivity contribution in [3.63, 3.8) is 0 Å². The van der Waals surface area contributed by atoms with Crippen molar-refractivity contribution in [2.75, 3.05) is 30.3 Å². The van der Waals surface area contributed by atoms with E-state index in [2.05, 4.69) is 4.90 Å². The average molecular weight is 298 g/mol. The van der Waals surface area contributed by atoms with Crippen LogP contribution in [0.5, 0.6) is 0 Å². The Bertz CT molecular complexity index is 559. The van der Waals surface area contributed by atoms with E-state index in [-0.39, 0.29) is 17.9 Å². The highest BCUT2D eigenvalue weighted by molar-refractivity contribution is 7.91. The molecule has 1 aromatic carbocycles. The molecule has 1 fully saturated rings. The summed E-state index contributed by atoms with van der Waals surface area (Å²) in [6.07, 6.45) is -0.0522. The summed E-state index contributed by atoms with van der Waals surface area (Å²) in [5, 5.41) is 0. The number of rotatable bonds is 4. The summed E-state index contributed by atoms with van der Waals surface area (Å²) < 4.78 is 30.1. The number of morpholine rings is 1. The highest BCUT2D eigenvalue weighted by Gasteiger charge is 2.29. The zero-order chi connectivity index (χ0) is 14.8. The number of ether oxygens (including phenoxy) is 1. The van der Waals surface area contributed by atoms with E-state index in [1.807, 2.05) is 19.1 Å². The first-order valence-corrected chi connectivity index (χ1v) is 8.55. The predicted octanol–water partition coefficient (Wildman–Crippen LogP) is 1.03. The molecular weight excluding hydrogens is 276 g/mol. The molecule has 0 amide bonds. The second-order valence-corrected chi connectivity index (χ2v) is 7.31. The van der Waals surface area contributed by atoms with Crippen LogP contribution in [0, 0.1) is 0 Å². The molecule has 2 N–H and O–H groups in total. The quantitative estimate of drug-likeness (QED) is 0.899. The molecule has 1 heterocycles. The maximum Gasteiger partial charge on any atom is 0.180 e. The van der Waals surface area contributed by atoms with Crippen LogP contribution in [0.25, 0.3) is 0 Å². The minimum absolute atomic E-state index is 0.0522. The molecule has 2 atom stereocenters. The average Bonchev–Trinajstić information content (AvgIpc) is 2.48. The van der Waals surface area contributed by atoms with E-state index in [9.17, 15) is 8.42 Å². The minimum Gasteiger partial charge on any atom is -0.373 e. The van der Waals surface area contributed by atoms with Gasteiger partial charge in [0, 0.05) is 19.1 Å². The maximum absolute atomic E-state index is 12.2. The summed E-state index contributed by atoms with van der Waals surface area (Å²) in [7, 11) is -3.24. The lowest BCUT2D eigenvalue weighted by molar-refractivity contribution is 0.0281. The Hall–Kier alpha value is -1.11. The third kappa shape index (κ3) is 2.97. The molecule has 0 aliphatic carbocycles. The number of nitrogens with two attached hydrogens (primary N) is 1. The second kappa shape index (κ2) is 6.11. The molecule has 5 nitrogen and oxygen atoms in total. The smallest absolute Gasteiger partial charge is 0.180 e. The molecule has 0 bridgehead atoms. The first-order valence-electron chi connectivity index (χ1n) is 6.89. The van der Waals surface area contributed by atoms with Gasteiger partial charge in [0.25, 0.3) is 0 Å². The van der Waals surface area contributed by atoms with Crippen molar-refractivity contribution in [1.82, 2.24) is 0 Å². The first kappa shape index (κ1) is 15.3. The largest absolute Gasteiger partial charge is 0.373 e. The number of hydrogen-bond acceptors (Lipinski definition) is 5. The van der Waals surface area contributed by atoms with Crippen molar-refractivity contribution in [2.24, 2.45) is 5.73 Å². The molecule has 1 aliphatic rings. The van der Waals surface area contributed by atoms with Crippen LogP contribution in [-0.4, -0.2) is 46.0 Å². The lowest BCUT2D eigenvalue weighted by atomic mass is 10.1. The molecule has 0 spiro atoms. The second-order valence-electron chi connectivity index (χ2n) is 5.06. The predicted molar refractivity (Wildman–Crippen MR) is 79.8 cm³/mol. The highest BCUT2D eigenvalue weighted by atomic mass is 32.2. The summed E-state index contributed by atoms with van der Waals surface area (Å²) in [5.41, 5.74) is 6.42. The summed E-state index contributed by atoms with van der Waals surface area (Å²) in [4.78, 5) is 2.48. The molecule has 6 heteroatoms. The number of benzene rings is 1. The number of hydrogen-bond donors (Lipinski definition) is 1. The van der Waals surface area contributed by atoms with Crippen molar-refractivity contribution in [3.8, 4) is 0 Å². The minimum atomic E-state index is -3.24. The standard InChI is InChI=1S/C14H22N2O3S/c1-3-20(17,18)14-7-5-4-6-13(14)16-9-12(8-15)19-10-11(16)2/h4-7,11-12H,3,8-10,15H2,1-2H3. The zero-order valence-corrected chi connectivity index (χ0v) is 12.8. The number of anilines is 1. The van der Waals surface area contributed by atoms with Crippen molar-refractivity contribution in [1.29, 1.82) is 0 Å². The van der Waals surface area contributed by atoms with E-state index < -0.39 is 9.84 Å². The Morgan fingerprint density at radius 3 is 2.75 bits per heavy atom. The third-order valence-corrected chi connectivity index (χ3v) is 5.43. The lowest BCUT2D eigenvalue weighted by Crippen LogP contribution is -2.51.